The average Bonchev–Trinajstić information content (AvgIpc) is 3.16. The first kappa shape index (κ1) is 16.5. The van der Waals surface area contributed by atoms with Crippen molar-refractivity contribution in [1.29, 1.82) is 0 Å². The van der Waals surface area contributed by atoms with Gasteiger partial charge in [0.15, 0.2) is 5.79 Å². The second kappa shape index (κ2) is 4.98. The highest BCUT2D eigenvalue weighted by Crippen LogP contribution is 2.70. The Bertz CT molecular complexity index is 646. The van der Waals surface area contributed by atoms with Gasteiger partial charge >= 0.3 is 0 Å². The Morgan fingerprint density at radius 2 is 1.80 bits per heavy atom. The zero-order valence-electron chi connectivity index (χ0n) is 16.0. The molecule has 0 aromatic heterocycles. The maximum Gasteiger partial charge on any atom is 0.174 e. The molecular weight excluding hydrogens is 312 g/mol. The largest absolute Gasteiger partial charge is 0.347 e. The van der Waals surface area contributed by atoms with E-state index in [-0.39, 0.29) is 22.0 Å². The van der Waals surface area contributed by atoms with Gasteiger partial charge in [-0.25, -0.2) is 0 Å². The van der Waals surface area contributed by atoms with Crippen molar-refractivity contribution in [3.05, 3.63) is 11.6 Å². The summed E-state index contributed by atoms with van der Waals surface area (Å²) in [6, 6.07) is 0. The van der Waals surface area contributed by atoms with Crippen LogP contribution in [0.2, 0.25) is 0 Å². The third kappa shape index (κ3) is 1.87. The summed E-state index contributed by atoms with van der Waals surface area (Å²) in [5, 5.41) is 0. The predicted molar refractivity (Wildman–Crippen MR) is 96.0 cm³/mol. The molecule has 3 nitrogen and oxygen atoms in total. The number of carbonyl (C=O) groups is 1. The number of ether oxygens (including phenoxy) is 2. The van der Waals surface area contributed by atoms with Crippen LogP contribution in [0.25, 0.3) is 0 Å². The third-order valence-electron chi connectivity index (χ3n) is 9.33. The first-order valence-electron chi connectivity index (χ1n) is 10.3. The van der Waals surface area contributed by atoms with Crippen molar-refractivity contribution in [3.63, 3.8) is 0 Å². The molecule has 3 saturated carbocycles. The van der Waals surface area contributed by atoms with Crippen molar-refractivity contribution < 1.29 is 14.3 Å². The smallest absolute Gasteiger partial charge is 0.174 e. The van der Waals surface area contributed by atoms with Crippen LogP contribution in [0.3, 0.4) is 0 Å². The molecule has 0 radical (unpaired) electrons. The molecule has 0 N–H and O–H groups in total. The first-order valence-corrected chi connectivity index (χ1v) is 10.3. The summed E-state index contributed by atoms with van der Waals surface area (Å²) in [4.78, 5) is 12.2. The molecule has 4 fully saturated rings. The van der Waals surface area contributed by atoms with Crippen LogP contribution >= 0.6 is 0 Å². The number of rotatable bonds is 0. The van der Waals surface area contributed by atoms with Crippen molar-refractivity contribution in [2.24, 2.45) is 28.1 Å². The van der Waals surface area contributed by atoms with Crippen molar-refractivity contribution in [2.75, 3.05) is 13.2 Å². The van der Waals surface area contributed by atoms with Gasteiger partial charge < -0.3 is 9.47 Å². The molecule has 1 spiro atoms. The standard InChI is InChI=1S/C22H32O3/c1-19-8-5-16-17(20(19,2)9-4-15(23)14-19)6-10-21(3)18(16)7-11-22(21)24-12-13-25-22/h6,16,18H,4-5,7-14H2,1-3H3/t16-,18+,19-,20-,21+/m1/s1. The molecule has 0 unspecified atom stereocenters. The Balaban J connectivity index is 1.55. The molecule has 5 atom stereocenters. The van der Waals surface area contributed by atoms with E-state index >= 15 is 0 Å². The lowest BCUT2D eigenvalue weighted by Gasteiger charge is -2.60. The molecule has 5 aliphatic rings. The second-order valence-electron chi connectivity index (χ2n) is 10.1. The van der Waals surface area contributed by atoms with Crippen molar-refractivity contribution in [1.82, 2.24) is 0 Å². The van der Waals surface area contributed by atoms with Gasteiger partial charge in [-0.3, -0.25) is 4.79 Å². The molecule has 5 rings (SSSR count). The van der Waals surface area contributed by atoms with Gasteiger partial charge in [0.05, 0.1) is 13.2 Å². The molecule has 0 amide bonds. The highest BCUT2D eigenvalue weighted by atomic mass is 16.7. The van der Waals surface area contributed by atoms with E-state index in [9.17, 15) is 4.79 Å². The fourth-order valence-electron chi connectivity index (χ4n) is 7.54. The van der Waals surface area contributed by atoms with E-state index in [0.29, 0.717) is 17.6 Å². The number of fused-ring (bicyclic) bond motifs is 6. The van der Waals surface area contributed by atoms with E-state index in [0.717, 1.165) is 45.3 Å². The van der Waals surface area contributed by atoms with Gasteiger partial charge in [0.2, 0.25) is 0 Å². The lowest BCUT2D eigenvalue weighted by atomic mass is 9.44. The maximum absolute atomic E-state index is 12.2. The minimum atomic E-state index is -0.329. The van der Waals surface area contributed by atoms with Crippen molar-refractivity contribution >= 4 is 5.78 Å². The normalized spacial score (nSPS) is 51.0. The fourth-order valence-corrected chi connectivity index (χ4v) is 7.54. The summed E-state index contributed by atoms with van der Waals surface area (Å²) in [7, 11) is 0. The van der Waals surface area contributed by atoms with Gasteiger partial charge in [-0.15, -0.1) is 0 Å². The summed E-state index contributed by atoms with van der Waals surface area (Å²) >= 11 is 0. The SMILES string of the molecule is C[C@]12CC[C@@H]3C(=CC[C@@]4(C)[C@H]3CCC43OCCO3)[C@@]1(C)CCC(=O)C2. The number of hydrogen-bond donors (Lipinski definition) is 0. The summed E-state index contributed by atoms with van der Waals surface area (Å²) in [5.41, 5.74) is 2.17. The molecule has 0 bridgehead atoms. The number of hydrogen-bond acceptors (Lipinski definition) is 3. The van der Waals surface area contributed by atoms with Gasteiger partial charge in [-0.1, -0.05) is 32.4 Å². The topological polar surface area (TPSA) is 35.5 Å². The Morgan fingerprint density at radius 1 is 1.04 bits per heavy atom. The zero-order chi connectivity index (χ0) is 17.5. The molecule has 4 aliphatic carbocycles. The Hall–Kier alpha value is -0.670. The van der Waals surface area contributed by atoms with Crippen LogP contribution in [0.1, 0.15) is 72.1 Å². The van der Waals surface area contributed by atoms with E-state index in [2.05, 4.69) is 26.8 Å². The van der Waals surface area contributed by atoms with Gasteiger partial charge in [0.1, 0.15) is 5.78 Å². The van der Waals surface area contributed by atoms with Crippen molar-refractivity contribution in [3.8, 4) is 0 Å². The third-order valence-corrected chi connectivity index (χ3v) is 9.33. The highest BCUT2D eigenvalue weighted by molar-refractivity contribution is 5.80. The Kier molecular flexibility index (Phi) is 3.29. The number of Topliss-reactive ketones (excluding diaryl/α,β-unsaturated/α-hetero) is 1. The molecule has 1 saturated heterocycles. The van der Waals surface area contributed by atoms with Crippen LogP contribution in [0.15, 0.2) is 11.6 Å². The second-order valence-corrected chi connectivity index (χ2v) is 10.1. The summed E-state index contributed by atoms with van der Waals surface area (Å²) in [6.07, 6.45) is 10.9. The van der Waals surface area contributed by atoms with E-state index in [1.807, 2.05) is 0 Å². The van der Waals surface area contributed by atoms with E-state index < -0.39 is 0 Å². The lowest BCUT2D eigenvalue weighted by molar-refractivity contribution is -0.229. The van der Waals surface area contributed by atoms with Crippen LogP contribution < -0.4 is 0 Å². The Labute approximate surface area is 151 Å². The average molecular weight is 344 g/mol. The molecule has 1 heterocycles. The quantitative estimate of drug-likeness (QED) is 0.600. The van der Waals surface area contributed by atoms with E-state index in [4.69, 9.17) is 9.47 Å². The van der Waals surface area contributed by atoms with E-state index in [1.165, 1.54) is 19.3 Å². The molecule has 1 aliphatic heterocycles. The molecule has 0 aromatic rings. The van der Waals surface area contributed by atoms with Crippen LogP contribution in [-0.2, 0) is 14.3 Å². The van der Waals surface area contributed by atoms with Crippen LogP contribution in [0.5, 0.6) is 0 Å². The Morgan fingerprint density at radius 3 is 2.56 bits per heavy atom. The van der Waals surface area contributed by atoms with Crippen LogP contribution in [0, 0.1) is 28.1 Å². The molecule has 25 heavy (non-hydrogen) atoms. The lowest BCUT2D eigenvalue weighted by Crippen LogP contribution is -2.55. The highest BCUT2D eigenvalue weighted by Gasteiger charge is 2.66. The zero-order valence-corrected chi connectivity index (χ0v) is 16.0. The molecule has 0 aromatic carbocycles. The molecule has 138 valence electrons. The number of ketones is 1. The minimum Gasteiger partial charge on any atom is -0.347 e. The first-order chi connectivity index (χ1) is 11.8. The summed E-state index contributed by atoms with van der Waals surface area (Å²) < 4.78 is 12.4. The predicted octanol–water partition coefficient (Wildman–Crippen LogP) is 4.65. The summed E-state index contributed by atoms with van der Waals surface area (Å²) in [6.45, 7) is 8.77. The molecule has 3 heteroatoms. The van der Waals surface area contributed by atoms with Crippen LogP contribution in [0.4, 0.5) is 0 Å². The number of carbonyl (C=O) groups excluding carboxylic acids is 1. The molecular formula is C22H32O3. The van der Waals surface area contributed by atoms with E-state index in [1.54, 1.807) is 5.57 Å². The van der Waals surface area contributed by atoms with Gasteiger partial charge in [-0.05, 0) is 54.8 Å². The van der Waals surface area contributed by atoms with Gasteiger partial charge in [0.25, 0.3) is 0 Å². The maximum atomic E-state index is 12.2. The van der Waals surface area contributed by atoms with Crippen molar-refractivity contribution in [2.45, 2.75) is 77.9 Å². The van der Waals surface area contributed by atoms with Gasteiger partial charge in [-0.2, -0.15) is 0 Å². The summed E-state index contributed by atoms with van der Waals surface area (Å²) in [5.74, 6) is 1.48. The fraction of sp³-hybridized carbons (Fsp3) is 0.864. The van der Waals surface area contributed by atoms with Crippen LogP contribution in [-0.4, -0.2) is 24.8 Å². The number of allylic oxidation sites excluding steroid dienone is 2. The minimum absolute atomic E-state index is 0.117. The monoisotopic (exact) mass is 344 g/mol. The van der Waals surface area contributed by atoms with Gasteiger partial charge in [0, 0.05) is 24.7 Å².